The molecule has 1 rings (SSSR count). The van der Waals surface area contributed by atoms with Gasteiger partial charge in [-0.05, 0) is 32.8 Å². The van der Waals surface area contributed by atoms with E-state index < -0.39 is 0 Å². The number of nitrogens with zero attached hydrogens (tertiary/aromatic N) is 3. The van der Waals surface area contributed by atoms with E-state index in [-0.39, 0.29) is 30.0 Å². The van der Waals surface area contributed by atoms with Crippen molar-refractivity contribution in [2.75, 3.05) is 7.05 Å². The molecular formula is C11H22IN5. The van der Waals surface area contributed by atoms with Gasteiger partial charge in [0.25, 0.3) is 0 Å². The first-order chi connectivity index (χ1) is 7.45. The molecule has 3 N–H and O–H groups in total. The monoisotopic (exact) mass is 351 g/mol. The van der Waals surface area contributed by atoms with Crippen molar-refractivity contribution in [3.8, 4) is 0 Å². The number of guanidine groups is 1. The van der Waals surface area contributed by atoms with Gasteiger partial charge in [-0.1, -0.05) is 0 Å². The van der Waals surface area contributed by atoms with Crippen molar-refractivity contribution in [1.29, 1.82) is 0 Å². The van der Waals surface area contributed by atoms with Gasteiger partial charge in [0, 0.05) is 25.8 Å². The number of aliphatic imine (C=N–C) groups is 1. The van der Waals surface area contributed by atoms with E-state index in [2.05, 4.69) is 29.3 Å². The van der Waals surface area contributed by atoms with Crippen molar-refractivity contribution in [3.05, 3.63) is 17.0 Å². The van der Waals surface area contributed by atoms with Crippen LogP contribution in [0.3, 0.4) is 0 Å². The van der Waals surface area contributed by atoms with Crippen molar-refractivity contribution in [2.45, 2.75) is 33.2 Å². The largest absolute Gasteiger partial charge is 0.370 e. The number of aromatic nitrogens is 2. The molecule has 0 saturated carbocycles. The van der Waals surface area contributed by atoms with E-state index in [0.29, 0.717) is 5.96 Å². The van der Waals surface area contributed by atoms with Crippen molar-refractivity contribution in [2.24, 2.45) is 17.8 Å². The molecule has 0 saturated heterocycles. The van der Waals surface area contributed by atoms with Crippen LogP contribution < -0.4 is 11.1 Å². The van der Waals surface area contributed by atoms with Gasteiger partial charge in [-0.15, -0.1) is 24.0 Å². The van der Waals surface area contributed by atoms with Gasteiger partial charge in [0.05, 0.1) is 5.69 Å². The molecule has 0 aliphatic carbocycles. The zero-order valence-electron chi connectivity index (χ0n) is 11.1. The second kappa shape index (κ2) is 6.83. The van der Waals surface area contributed by atoms with Gasteiger partial charge in [-0.2, -0.15) is 5.10 Å². The quantitative estimate of drug-likeness (QED) is 0.487. The Morgan fingerprint density at radius 3 is 2.53 bits per heavy atom. The predicted octanol–water partition coefficient (Wildman–Crippen LogP) is 1.12. The minimum absolute atomic E-state index is 0. The average molecular weight is 351 g/mol. The highest BCUT2D eigenvalue weighted by atomic mass is 127. The standard InChI is InChI=1S/C11H21N5.HI/c1-7(14-11(12)13-4)6-10-8(2)15-16(5)9(10)3;/h7H,6H2,1-5H3,(H3,12,13,14);1H. The molecule has 1 heterocycles. The third kappa shape index (κ3) is 4.18. The van der Waals surface area contributed by atoms with Crippen LogP contribution in [0.5, 0.6) is 0 Å². The zero-order chi connectivity index (χ0) is 12.3. The van der Waals surface area contributed by atoms with Crippen LogP contribution in [0.25, 0.3) is 0 Å². The number of halogens is 1. The van der Waals surface area contributed by atoms with E-state index in [1.807, 2.05) is 18.7 Å². The van der Waals surface area contributed by atoms with Crippen LogP contribution in [0.1, 0.15) is 23.9 Å². The highest BCUT2D eigenvalue weighted by Gasteiger charge is 2.12. The molecule has 0 aromatic carbocycles. The number of hydrogen-bond donors (Lipinski definition) is 2. The lowest BCUT2D eigenvalue weighted by atomic mass is 10.1. The highest BCUT2D eigenvalue weighted by molar-refractivity contribution is 14.0. The van der Waals surface area contributed by atoms with Gasteiger partial charge in [0.1, 0.15) is 0 Å². The van der Waals surface area contributed by atoms with Gasteiger partial charge in [-0.25, -0.2) is 0 Å². The van der Waals surface area contributed by atoms with Crippen molar-refractivity contribution >= 4 is 29.9 Å². The third-order valence-corrected chi connectivity index (χ3v) is 2.80. The highest BCUT2D eigenvalue weighted by Crippen LogP contribution is 2.13. The molecule has 0 bridgehead atoms. The zero-order valence-corrected chi connectivity index (χ0v) is 13.4. The van der Waals surface area contributed by atoms with Crippen LogP contribution in [0.15, 0.2) is 4.99 Å². The Morgan fingerprint density at radius 1 is 1.53 bits per heavy atom. The maximum Gasteiger partial charge on any atom is 0.188 e. The molecule has 0 amide bonds. The summed E-state index contributed by atoms with van der Waals surface area (Å²) in [5.41, 5.74) is 9.20. The van der Waals surface area contributed by atoms with Crippen LogP contribution in [-0.2, 0) is 13.5 Å². The Balaban J connectivity index is 0.00000256. The summed E-state index contributed by atoms with van der Waals surface area (Å²) < 4.78 is 1.91. The fourth-order valence-corrected chi connectivity index (χ4v) is 1.79. The van der Waals surface area contributed by atoms with E-state index >= 15 is 0 Å². The van der Waals surface area contributed by atoms with Crippen LogP contribution in [-0.4, -0.2) is 28.8 Å². The topological polar surface area (TPSA) is 68.2 Å². The number of nitrogens with two attached hydrogens (primary N) is 1. The minimum atomic E-state index is 0. The summed E-state index contributed by atoms with van der Waals surface area (Å²) >= 11 is 0. The fourth-order valence-electron chi connectivity index (χ4n) is 1.79. The number of aryl methyl sites for hydroxylation is 2. The smallest absolute Gasteiger partial charge is 0.188 e. The second-order valence-corrected chi connectivity index (χ2v) is 4.13. The Bertz CT molecular complexity index is 397. The molecule has 0 aliphatic rings. The maximum atomic E-state index is 5.63. The molecule has 1 aromatic rings. The molecule has 0 aliphatic heterocycles. The van der Waals surface area contributed by atoms with Gasteiger partial charge in [0.2, 0.25) is 0 Å². The summed E-state index contributed by atoms with van der Waals surface area (Å²) in [5, 5.41) is 7.52. The van der Waals surface area contributed by atoms with Gasteiger partial charge < -0.3 is 11.1 Å². The molecule has 17 heavy (non-hydrogen) atoms. The first-order valence-electron chi connectivity index (χ1n) is 5.43. The summed E-state index contributed by atoms with van der Waals surface area (Å²) in [6.07, 6.45) is 0.904. The third-order valence-electron chi connectivity index (χ3n) is 2.80. The van der Waals surface area contributed by atoms with Crippen LogP contribution in [0.2, 0.25) is 0 Å². The molecule has 0 fully saturated rings. The van der Waals surface area contributed by atoms with Gasteiger partial charge in [-0.3, -0.25) is 9.67 Å². The van der Waals surface area contributed by atoms with Crippen molar-refractivity contribution in [1.82, 2.24) is 15.1 Å². The van der Waals surface area contributed by atoms with Gasteiger partial charge in [0.15, 0.2) is 5.96 Å². The fraction of sp³-hybridized carbons (Fsp3) is 0.636. The van der Waals surface area contributed by atoms with Crippen LogP contribution >= 0.6 is 24.0 Å². The van der Waals surface area contributed by atoms with Crippen LogP contribution in [0.4, 0.5) is 0 Å². The summed E-state index contributed by atoms with van der Waals surface area (Å²) in [4.78, 5) is 3.88. The van der Waals surface area contributed by atoms with E-state index in [1.165, 1.54) is 11.3 Å². The Kier molecular flexibility index (Phi) is 6.51. The lowest BCUT2D eigenvalue weighted by molar-refractivity contribution is 0.650. The van der Waals surface area contributed by atoms with E-state index in [0.717, 1.165) is 12.1 Å². The van der Waals surface area contributed by atoms with Crippen molar-refractivity contribution < 1.29 is 0 Å². The summed E-state index contributed by atoms with van der Waals surface area (Å²) in [6.45, 7) is 6.20. The second-order valence-electron chi connectivity index (χ2n) is 4.13. The van der Waals surface area contributed by atoms with Gasteiger partial charge >= 0.3 is 0 Å². The molecule has 98 valence electrons. The van der Waals surface area contributed by atoms with E-state index in [4.69, 9.17) is 5.73 Å². The lowest BCUT2D eigenvalue weighted by Crippen LogP contribution is -2.39. The molecule has 6 heteroatoms. The summed E-state index contributed by atoms with van der Waals surface area (Å²) in [6, 6.07) is 0.255. The molecule has 5 nitrogen and oxygen atoms in total. The Hall–Kier alpha value is -0.790. The predicted molar refractivity (Wildman–Crippen MR) is 81.9 cm³/mol. The van der Waals surface area contributed by atoms with Crippen molar-refractivity contribution in [3.63, 3.8) is 0 Å². The molecule has 0 spiro atoms. The average Bonchev–Trinajstić information content (AvgIpc) is 2.45. The van der Waals surface area contributed by atoms with E-state index in [1.54, 1.807) is 7.05 Å². The Labute approximate surface area is 120 Å². The minimum Gasteiger partial charge on any atom is -0.370 e. The molecular weight excluding hydrogens is 329 g/mol. The molecule has 1 atom stereocenters. The number of nitrogens with one attached hydrogen (secondary N) is 1. The molecule has 1 aromatic heterocycles. The summed E-state index contributed by atoms with van der Waals surface area (Å²) in [7, 11) is 3.64. The maximum absolute atomic E-state index is 5.63. The summed E-state index contributed by atoms with van der Waals surface area (Å²) in [5.74, 6) is 0.478. The normalized spacial score (nSPS) is 13.1. The molecule has 0 radical (unpaired) electrons. The lowest BCUT2D eigenvalue weighted by Gasteiger charge is -2.14. The SMILES string of the molecule is CN=C(N)NC(C)Cc1c(C)nn(C)c1C.I. The first-order valence-corrected chi connectivity index (χ1v) is 5.43. The Morgan fingerprint density at radius 2 is 2.12 bits per heavy atom. The first kappa shape index (κ1) is 16.2. The number of hydrogen-bond acceptors (Lipinski definition) is 2. The van der Waals surface area contributed by atoms with E-state index in [9.17, 15) is 0 Å². The van der Waals surface area contributed by atoms with Crippen LogP contribution in [0, 0.1) is 13.8 Å². The number of rotatable bonds is 3. The molecule has 1 unspecified atom stereocenters.